The molecule has 0 unspecified atom stereocenters. The smallest absolute Gasteiger partial charge is 0.246 e. The maximum absolute atomic E-state index is 11.8. The first-order valence-corrected chi connectivity index (χ1v) is 7.58. The number of piperidine rings is 1. The highest BCUT2D eigenvalue weighted by Gasteiger charge is 2.14. The van der Waals surface area contributed by atoms with E-state index in [1.54, 1.807) is 0 Å². The van der Waals surface area contributed by atoms with Gasteiger partial charge in [0.2, 0.25) is 5.91 Å². The number of ether oxygens (including phenoxy) is 2. The summed E-state index contributed by atoms with van der Waals surface area (Å²) in [6.45, 7) is 5.16. The van der Waals surface area contributed by atoms with Crippen molar-refractivity contribution in [2.75, 3.05) is 26.3 Å². The Morgan fingerprint density at radius 1 is 1.38 bits per heavy atom. The lowest BCUT2D eigenvalue weighted by atomic mass is 10.1. The van der Waals surface area contributed by atoms with Gasteiger partial charge >= 0.3 is 0 Å². The van der Waals surface area contributed by atoms with E-state index < -0.39 is 0 Å². The summed E-state index contributed by atoms with van der Waals surface area (Å²) in [5.41, 5.74) is 1.02. The third-order valence-corrected chi connectivity index (χ3v) is 3.44. The monoisotopic (exact) mass is 292 g/mol. The first kappa shape index (κ1) is 15.8. The number of carbonyl (C=O) groups is 1. The highest BCUT2D eigenvalue weighted by atomic mass is 16.5. The second kappa shape index (κ2) is 8.64. The van der Waals surface area contributed by atoms with Crippen LogP contribution in [0.25, 0.3) is 0 Å². The summed E-state index contributed by atoms with van der Waals surface area (Å²) < 4.78 is 11.1. The number of rotatable bonds is 7. The zero-order chi connectivity index (χ0) is 14.9. The zero-order valence-electron chi connectivity index (χ0n) is 12.6. The Labute approximate surface area is 126 Å². The Bertz CT molecular complexity index is 445. The van der Waals surface area contributed by atoms with E-state index in [1.807, 2.05) is 31.2 Å². The zero-order valence-corrected chi connectivity index (χ0v) is 12.6. The predicted octanol–water partition coefficient (Wildman–Crippen LogP) is 1.47. The number of nitrogens with one attached hydrogen (secondary N) is 2. The Balaban J connectivity index is 1.69. The van der Waals surface area contributed by atoms with Crippen molar-refractivity contribution < 1.29 is 14.3 Å². The van der Waals surface area contributed by atoms with Crippen LogP contribution in [0.15, 0.2) is 24.3 Å². The lowest BCUT2D eigenvalue weighted by molar-refractivity contribution is -0.128. The van der Waals surface area contributed by atoms with E-state index in [4.69, 9.17) is 9.47 Å². The van der Waals surface area contributed by atoms with E-state index in [-0.39, 0.29) is 18.6 Å². The Morgan fingerprint density at radius 2 is 2.19 bits per heavy atom. The molecule has 1 aromatic carbocycles. The second-order valence-electron chi connectivity index (χ2n) is 5.12. The Hall–Kier alpha value is -1.59. The fraction of sp³-hybridized carbons (Fsp3) is 0.562. The summed E-state index contributed by atoms with van der Waals surface area (Å²) in [5, 5.41) is 6.14. The molecule has 116 valence electrons. The minimum atomic E-state index is -0.0738. The molecule has 1 fully saturated rings. The molecule has 0 saturated carbocycles. The molecule has 0 atom stereocenters. The van der Waals surface area contributed by atoms with Gasteiger partial charge in [-0.3, -0.25) is 4.79 Å². The summed E-state index contributed by atoms with van der Waals surface area (Å²) in [5.74, 6) is 0.755. The minimum Gasteiger partial charge on any atom is -0.494 e. The molecule has 0 spiro atoms. The van der Waals surface area contributed by atoms with Crippen molar-refractivity contribution in [1.82, 2.24) is 10.6 Å². The van der Waals surface area contributed by atoms with E-state index in [0.717, 1.165) is 37.2 Å². The molecule has 0 aromatic heterocycles. The molecule has 5 nitrogen and oxygen atoms in total. The van der Waals surface area contributed by atoms with Crippen molar-refractivity contribution in [3.05, 3.63) is 29.8 Å². The van der Waals surface area contributed by atoms with Gasteiger partial charge in [-0.25, -0.2) is 0 Å². The van der Waals surface area contributed by atoms with Gasteiger partial charge in [0.05, 0.1) is 12.7 Å². The van der Waals surface area contributed by atoms with Gasteiger partial charge in [0.15, 0.2) is 0 Å². The average Bonchev–Trinajstić information content (AvgIpc) is 2.53. The number of benzene rings is 1. The van der Waals surface area contributed by atoms with Crippen molar-refractivity contribution in [2.45, 2.75) is 32.4 Å². The van der Waals surface area contributed by atoms with Crippen LogP contribution >= 0.6 is 0 Å². The normalized spacial score (nSPS) is 15.7. The van der Waals surface area contributed by atoms with Crippen LogP contribution in [0, 0.1) is 0 Å². The third-order valence-electron chi connectivity index (χ3n) is 3.44. The van der Waals surface area contributed by atoms with Crippen molar-refractivity contribution in [3.63, 3.8) is 0 Å². The average molecular weight is 292 g/mol. The van der Waals surface area contributed by atoms with E-state index >= 15 is 0 Å². The molecule has 0 radical (unpaired) electrons. The second-order valence-corrected chi connectivity index (χ2v) is 5.12. The number of hydrogen-bond acceptors (Lipinski definition) is 4. The minimum absolute atomic E-state index is 0.0738. The first-order valence-electron chi connectivity index (χ1n) is 7.58. The van der Waals surface area contributed by atoms with E-state index in [0.29, 0.717) is 13.2 Å². The highest BCUT2D eigenvalue weighted by molar-refractivity contribution is 5.77. The van der Waals surface area contributed by atoms with Crippen LogP contribution in [0.3, 0.4) is 0 Å². The molecular formula is C16H24N2O3. The van der Waals surface area contributed by atoms with Crippen molar-refractivity contribution in [1.29, 1.82) is 0 Å². The summed E-state index contributed by atoms with van der Waals surface area (Å²) in [4.78, 5) is 11.8. The summed E-state index contributed by atoms with van der Waals surface area (Å²) in [7, 11) is 0. The van der Waals surface area contributed by atoms with E-state index in [2.05, 4.69) is 10.6 Å². The SMILES string of the molecule is CCOc1cccc(CNC(=O)COC2CCNCC2)c1. The van der Waals surface area contributed by atoms with Crippen LogP contribution in [0.5, 0.6) is 5.75 Å². The molecule has 21 heavy (non-hydrogen) atoms. The van der Waals surface area contributed by atoms with Crippen LogP contribution in [0.4, 0.5) is 0 Å². The third kappa shape index (κ3) is 5.73. The lowest BCUT2D eigenvalue weighted by Gasteiger charge is -2.22. The van der Waals surface area contributed by atoms with Crippen molar-refractivity contribution in [3.8, 4) is 5.75 Å². The highest BCUT2D eigenvalue weighted by Crippen LogP contribution is 2.13. The first-order chi connectivity index (χ1) is 10.3. The summed E-state index contributed by atoms with van der Waals surface area (Å²) in [6, 6.07) is 7.75. The molecular weight excluding hydrogens is 268 g/mol. The number of hydrogen-bond donors (Lipinski definition) is 2. The molecule has 0 bridgehead atoms. The van der Waals surface area contributed by atoms with Gasteiger partial charge in [-0.05, 0) is 50.6 Å². The molecule has 1 aliphatic rings. The van der Waals surface area contributed by atoms with Crippen LogP contribution in [0.2, 0.25) is 0 Å². The van der Waals surface area contributed by atoms with E-state index in [9.17, 15) is 4.79 Å². The quantitative estimate of drug-likeness (QED) is 0.799. The molecule has 1 aliphatic heterocycles. The van der Waals surface area contributed by atoms with Gasteiger partial charge < -0.3 is 20.1 Å². The van der Waals surface area contributed by atoms with Crippen molar-refractivity contribution >= 4 is 5.91 Å². The van der Waals surface area contributed by atoms with Crippen LogP contribution in [0.1, 0.15) is 25.3 Å². The molecule has 5 heteroatoms. The predicted molar refractivity (Wildman–Crippen MR) is 81.3 cm³/mol. The molecule has 1 saturated heterocycles. The molecule has 2 N–H and O–H groups in total. The van der Waals surface area contributed by atoms with Gasteiger partial charge in [-0.2, -0.15) is 0 Å². The molecule has 1 aromatic rings. The molecule has 0 aliphatic carbocycles. The number of carbonyl (C=O) groups excluding carboxylic acids is 1. The van der Waals surface area contributed by atoms with Crippen LogP contribution in [-0.4, -0.2) is 38.3 Å². The summed E-state index contributed by atoms with van der Waals surface area (Å²) >= 11 is 0. The molecule has 2 rings (SSSR count). The van der Waals surface area contributed by atoms with E-state index in [1.165, 1.54) is 0 Å². The topological polar surface area (TPSA) is 59.6 Å². The molecule has 1 heterocycles. The maximum atomic E-state index is 11.8. The van der Waals surface area contributed by atoms with Gasteiger partial charge in [0, 0.05) is 6.54 Å². The summed E-state index contributed by atoms with van der Waals surface area (Å²) in [6.07, 6.45) is 2.16. The van der Waals surface area contributed by atoms with Gasteiger partial charge in [0.1, 0.15) is 12.4 Å². The van der Waals surface area contributed by atoms with Crippen LogP contribution in [-0.2, 0) is 16.1 Å². The van der Waals surface area contributed by atoms with Crippen molar-refractivity contribution in [2.24, 2.45) is 0 Å². The Kier molecular flexibility index (Phi) is 6.50. The maximum Gasteiger partial charge on any atom is 0.246 e. The van der Waals surface area contributed by atoms with Gasteiger partial charge in [-0.15, -0.1) is 0 Å². The largest absolute Gasteiger partial charge is 0.494 e. The molecule has 1 amide bonds. The number of amides is 1. The van der Waals surface area contributed by atoms with Crippen LogP contribution < -0.4 is 15.4 Å². The fourth-order valence-electron chi connectivity index (χ4n) is 2.32. The van der Waals surface area contributed by atoms with Gasteiger partial charge in [-0.1, -0.05) is 12.1 Å². The fourth-order valence-corrected chi connectivity index (χ4v) is 2.32. The Morgan fingerprint density at radius 3 is 2.95 bits per heavy atom. The standard InChI is InChI=1S/C16H24N2O3/c1-2-20-15-5-3-4-13(10-15)11-18-16(19)12-21-14-6-8-17-9-7-14/h3-5,10,14,17H,2,6-9,11-12H2,1H3,(H,18,19). The lowest BCUT2D eigenvalue weighted by Crippen LogP contribution is -2.35. The van der Waals surface area contributed by atoms with Gasteiger partial charge in [0.25, 0.3) is 0 Å².